The third kappa shape index (κ3) is 6.19. The minimum absolute atomic E-state index is 0.0406. The number of hydrogen-bond donors (Lipinski definition) is 2. The van der Waals surface area contributed by atoms with E-state index in [0.29, 0.717) is 36.4 Å². The molecule has 8 aliphatic rings. The van der Waals surface area contributed by atoms with E-state index in [0.717, 1.165) is 129 Å². The van der Waals surface area contributed by atoms with Crippen molar-refractivity contribution in [1.82, 2.24) is 15.1 Å². The molecule has 2 saturated heterocycles. The van der Waals surface area contributed by atoms with Crippen LogP contribution in [0.4, 0.5) is 9.59 Å². The molecule has 0 aromatic rings. The summed E-state index contributed by atoms with van der Waals surface area (Å²) in [6, 6.07) is 0.803. The fourth-order valence-electron chi connectivity index (χ4n) is 15.2. The first-order chi connectivity index (χ1) is 25.6. The number of carboxylic acid groups (broad SMARTS) is 1. The third-order valence-electron chi connectivity index (χ3n) is 18.5. The molecule has 0 radical (unpaired) electrons. The van der Waals surface area contributed by atoms with Crippen molar-refractivity contribution in [3.05, 3.63) is 0 Å². The molecule has 2 N–H and O–H groups in total. The molecule has 2 heterocycles. The summed E-state index contributed by atoms with van der Waals surface area (Å²) in [5.74, 6) is 1.20. The van der Waals surface area contributed by atoms with Crippen LogP contribution in [0, 0.1) is 62.6 Å². The van der Waals surface area contributed by atoms with E-state index in [4.69, 9.17) is 14.2 Å². The fourth-order valence-corrected chi connectivity index (χ4v) is 15.2. The van der Waals surface area contributed by atoms with Gasteiger partial charge < -0.3 is 29.5 Å². The Labute approximate surface area is 324 Å². The lowest BCUT2D eigenvalue weighted by Crippen LogP contribution is -2.67. The zero-order valence-corrected chi connectivity index (χ0v) is 34.3. The number of nitrogens with one attached hydrogen (secondary N) is 1. The summed E-state index contributed by atoms with van der Waals surface area (Å²) in [5.41, 5.74) is -0.503. The fraction of sp³-hybridized carbons (Fsp3) is 0.932. The van der Waals surface area contributed by atoms with Crippen molar-refractivity contribution in [2.75, 3.05) is 46.0 Å². The Bertz CT molecular complexity index is 1440. The van der Waals surface area contributed by atoms with E-state index in [2.05, 4.69) is 51.8 Å². The number of fused-ring (bicyclic) bond motifs is 7. The van der Waals surface area contributed by atoms with Gasteiger partial charge in [0.1, 0.15) is 6.10 Å². The predicted molar refractivity (Wildman–Crippen MR) is 206 cm³/mol. The maximum absolute atomic E-state index is 13.4. The molecule has 10 heteroatoms. The van der Waals surface area contributed by atoms with Crippen molar-refractivity contribution in [3.8, 4) is 0 Å². The predicted octanol–water partition coefficient (Wildman–Crippen LogP) is 7.98. The number of rotatable bonds is 7. The van der Waals surface area contributed by atoms with Gasteiger partial charge >= 0.3 is 18.2 Å². The van der Waals surface area contributed by atoms with E-state index >= 15 is 0 Å². The number of alkyl carbamates (subject to hydrolysis) is 1. The Morgan fingerprint density at radius 1 is 0.796 bits per heavy atom. The number of morpholine rings is 1. The average molecular weight is 754 g/mol. The van der Waals surface area contributed by atoms with Crippen LogP contribution in [0.5, 0.6) is 0 Å². The van der Waals surface area contributed by atoms with Crippen LogP contribution in [0.25, 0.3) is 0 Å². The molecule has 304 valence electrons. The summed E-state index contributed by atoms with van der Waals surface area (Å²) in [6.45, 7) is 20.0. The minimum atomic E-state index is -0.683. The number of likely N-dealkylation sites (tertiary alicyclic amines) is 1. The van der Waals surface area contributed by atoms with Crippen molar-refractivity contribution in [1.29, 1.82) is 0 Å². The van der Waals surface area contributed by atoms with Crippen LogP contribution in [0.2, 0.25) is 0 Å². The van der Waals surface area contributed by atoms with Crippen molar-refractivity contribution in [2.24, 2.45) is 62.6 Å². The average Bonchev–Trinajstić information content (AvgIpc) is 3.87. The normalized spacial score (nSPS) is 44.1. The molecule has 0 aromatic carbocycles. The molecule has 0 aromatic heterocycles. The van der Waals surface area contributed by atoms with Crippen LogP contribution < -0.4 is 5.32 Å². The molecule has 54 heavy (non-hydrogen) atoms. The molecule has 5 unspecified atom stereocenters. The number of hydrogen-bond acceptors (Lipinski definition) is 7. The van der Waals surface area contributed by atoms with Crippen LogP contribution in [0.3, 0.4) is 0 Å². The van der Waals surface area contributed by atoms with Gasteiger partial charge in [-0.3, -0.25) is 9.69 Å². The second kappa shape index (κ2) is 14.1. The Morgan fingerprint density at radius 3 is 2.20 bits per heavy atom. The number of carbonyl (C=O) groups excluding carboxylic acids is 2. The smallest absolute Gasteiger partial charge is 0.409 e. The van der Waals surface area contributed by atoms with Crippen LogP contribution in [0.1, 0.15) is 131 Å². The Morgan fingerprint density at radius 2 is 1.52 bits per heavy atom. The van der Waals surface area contributed by atoms with Crippen molar-refractivity contribution in [3.63, 3.8) is 0 Å². The molecule has 10 nitrogen and oxygen atoms in total. The Balaban J connectivity index is 0.958. The third-order valence-corrected chi connectivity index (χ3v) is 18.5. The van der Waals surface area contributed by atoms with Crippen LogP contribution in [-0.2, 0) is 19.0 Å². The van der Waals surface area contributed by atoms with Crippen LogP contribution in [0.15, 0.2) is 0 Å². The van der Waals surface area contributed by atoms with Gasteiger partial charge in [-0.25, -0.2) is 9.59 Å². The highest BCUT2D eigenvalue weighted by Crippen LogP contribution is 2.77. The number of ether oxygens (including phenoxy) is 3. The molecular weight excluding hydrogens is 682 g/mol. The van der Waals surface area contributed by atoms with Crippen molar-refractivity contribution >= 4 is 18.2 Å². The van der Waals surface area contributed by atoms with Gasteiger partial charge in [-0.2, -0.15) is 0 Å². The summed E-state index contributed by atoms with van der Waals surface area (Å²) in [7, 11) is 0. The maximum Gasteiger partial charge on any atom is 0.409 e. The molecule has 6 aliphatic carbocycles. The van der Waals surface area contributed by atoms with Gasteiger partial charge in [0.05, 0.1) is 25.2 Å². The molecule has 11 atom stereocenters. The highest BCUT2D eigenvalue weighted by molar-refractivity contribution is 5.76. The Hall–Kier alpha value is -2.07. The van der Waals surface area contributed by atoms with Gasteiger partial charge in [-0.1, -0.05) is 41.5 Å². The van der Waals surface area contributed by atoms with E-state index in [1.54, 1.807) is 0 Å². The summed E-state index contributed by atoms with van der Waals surface area (Å²) in [4.78, 5) is 44.0. The van der Waals surface area contributed by atoms with Gasteiger partial charge in [0.15, 0.2) is 0 Å². The number of carbonyl (C=O) groups is 3. The second-order valence-electron chi connectivity index (χ2n) is 21.0. The molecule has 2 amide bonds. The topological polar surface area (TPSA) is 118 Å². The molecule has 8 rings (SSSR count). The SMILES string of the molecule is CC(COC(=O)N1CCC(N2CCOCC2)CC1)[C@@H]1CC[C@]2(C(=O)O)CC[C@]3(C)C(CCC4[C@@]5(C)CC[C@@H](OC(=O)NC6CC6)C(C)(C)C5CC[C@]43C)C12. The monoisotopic (exact) mass is 754 g/mol. The second-order valence-corrected chi connectivity index (χ2v) is 21.0. The number of aliphatic carboxylic acids is 1. The summed E-state index contributed by atoms with van der Waals surface area (Å²) in [6.07, 6.45) is 13.3. The minimum Gasteiger partial charge on any atom is -0.481 e. The Kier molecular flexibility index (Phi) is 10.1. The lowest BCUT2D eigenvalue weighted by molar-refractivity contribution is -0.249. The van der Waals surface area contributed by atoms with E-state index in [9.17, 15) is 19.5 Å². The van der Waals surface area contributed by atoms with Gasteiger partial charge in [-0.05, 0) is 142 Å². The lowest BCUT2D eigenvalue weighted by Gasteiger charge is -2.72. The van der Waals surface area contributed by atoms with E-state index in [1.165, 1.54) is 0 Å². The largest absolute Gasteiger partial charge is 0.481 e. The van der Waals surface area contributed by atoms with Crippen molar-refractivity contribution in [2.45, 2.75) is 150 Å². The molecule has 0 spiro atoms. The lowest BCUT2D eigenvalue weighted by atomic mass is 9.32. The molecular formula is C44H71N3O7. The standard InChI is InChI=1S/C44H71N3O7/c1-28(27-53-39(51)47-21-14-30(15-22-47)46-23-25-52-26-24-46)31-11-18-44(37(48)49)20-19-42(5)32(36(31)44)9-10-34-41(4)16-13-35(54-38(50)45-29-7-8-29)40(2,3)33(41)12-17-43(34,42)6/h28-36H,7-27H2,1-6H3,(H,45,50)(H,48,49)/t28?,31-,32?,33?,34?,35+,36?,41-,42+,43+,44-/m0/s1. The zero-order chi connectivity index (χ0) is 38.3. The van der Waals surface area contributed by atoms with Gasteiger partial charge in [0.25, 0.3) is 0 Å². The van der Waals surface area contributed by atoms with Gasteiger partial charge in [0, 0.05) is 43.7 Å². The first kappa shape index (κ1) is 38.8. The molecule has 0 bridgehead atoms. The number of amides is 2. The molecule has 6 saturated carbocycles. The number of nitrogens with zero attached hydrogens (tertiary/aromatic N) is 2. The van der Waals surface area contributed by atoms with E-state index < -0.39 is 11.4 Å². The first-order valence-electron chi connectivity index (χ1n) is 22.1. The van der Waals surface area contributed by atoms with Gasteiger partial charge in [0.2, 0.25) is 0 Å². The van der Waals surface area contributed by atoms with Crippen molar-refractivity contribution < 1.29 is 33.7 Å². The van der Waals surface area contributed by atoms with Gasteiger partial charge in [-0.15, -0.1) is 0 Å². The summed E-state index contributed by atoms with van der Waals surface area (Å²) in [5, 5.41) is 14.1. The summed E-state index contributed by atoms with van der Waals surface area (Å²) < 4.78 is 17.8. The zero-order valence-electron chi connectivity index (χ0n) is 34.3. The van der Waals surface area contributed by atoms with Crippen LogP contribution >= 0.6 is 0 Å². The maximum atomic E-state index is 13.4. The highest BCUT2D eigenvalue weighted by atomic mass is 16.6. The highest BCUT2D eigenvalue weighted by Gasteiger charge is 2.72. The van der Waals surface area contributed by atoms with E-state index in [-0.39, 0.29) is 57.7 Å². The van der Waals surface area contributed by atoms with E-state index in [1.807, 2.05) is 4.90 Å². The number of carboxylic acids is 1. The summed E-state index contributed by atoms with van der Waals surface area (Å²) >= 11 is 0. The molecule has 2 aliphatic heterocycles. The first-order valence-corrected chi connectivity index (χ1v) is 22.1. The van der Waals surface area contributed by atoms with Crippen LogP contribution in [-0.4, -0.2) is 97.2 Å². The quantitative estimate of drug-likeness (QED) is 0.269. The number of piperidine rings is 1. The molecule has 8 fully saturated rings.